The van der Waals surface area contributed by atoms with E-state index in [-0.39, 0.29) is 33.6 Å². The molecular formula is C62H62B4Co2F16N16. The van der Waals surface area contributed by atoms with Crippen LogP contribution in [-0.4, -0.2) is 109 Å². The summed E-state index contributed by atoms with van der Waals surface area (Å²) in [5, 5.41) is 0. The number of unbranched alkanes of at least 4 members (excludes halogenated alkanes) is 3. The first-order valence-corrected chi connectivity index (χ1v) is 29.2. The molecule has 100 heavy (non-hydrogen) atoms. The Bertz CT molecular complexity index is 3560. The Morgan fingerprint density at radius 2 is 0.310 bits per heavy atom. The molecule has 0 saturated heterocycles. The number of hydrogen-bond acceptors (Lipinski definition) is 8. The molecule has 0 atom stereocenters. The summed E-state index contributed by atoms with van der Waals surface area (Å²) in [4.78, 5) is 56.6. The molecular weight excluding hydrogens is 1430 g/mol. The van der Waals surface area contributed by atoms with E-state index in [4.69, 9.17) is 0 Å². The van der Waals surface area contributed by atoms with E-state index in [0.717, 1.165) is 88.3 Å². The van der Waals surface area contributed by atoms with E-state index in [9.17, 15) is 69.1 Å². The minimum absolute atomic E-state index is 0. The zero-order valence-electron chi connectivity index (χ0n) is 52.5. The Kier molecular flexibility index (Phi) is 39.5. The van der Waals surface area contributed by atoms with E-state index in [0.29, 0.717) is 0 Å². The van der Waals surface area contributed by atoms with Gasteiger partial charge in [-0.2, -0.15) is 0 Å². The van der Waals surface area contributed by atoms with E-state index in [1.165, 1.54) is 25.7 Å². The Morgan fingerprint density at radius 1 is 0.210 bits per heavy atom. The van der Waals surface area contributed by atoms with Gasteiger partial charge in [-0.1, -0.05) is 137 Å². The van der Waals surface area contributed by atoms with Crippen molar-refractivity contribution in [3.63, 3.8) is 0 Å². The quantitative estimate of drug-likeness (QED) is 0.0481. The van der Waals surface area contributed by atoms with Gasteiger partial charge < -0.3 is 109 Å². The second kappa shape index (κ2) is 46.0. The van der Waals surface area contributed by atoms with Crippen LogP contribution in [0.2, 0.25) is 0 Å². The molecule has 0 saturated carbocycles. The Morgan fingerprint density at radius 3 is 0.400 bits per heavy atom. The van der Waals surface area contributed by atoms with Crippen molar-refractivity contribution < 1.29 is 103 Å². The predicted octanol–water partition coefficient (Wildman–Crippen LogP) is 20.3. The van der Waals surface area contributed by atoms with Crippen molar-refractivity contribution in [2.45, 2.75) is 39.5 Å². The largest absolute Gasteiger partial charge is 2.00 e. The van der Waals surface area contributed by atoms with E-state index in [1.807, 2.05) is 194 Å². The monoisotopic (exact) mass is 1500 g/mol. The molecule has 16 rings (SSSR count). The van der Waals surface area contributed by atoms with E-state index >= 15 is 0 Å². The Hall–Kier alpha value is -10.3. The molecule has 0 spiro atoms. The average molecular weight is 1500 g/mol. The average Bonchev–Trinajstić information content (AvgIpc) is 1.82. The molecule has 8 N–H and O–H groups in total. The summed E-state index contributed by atoms with van der Waals surface area (Å²) < 4.78 is 156. The van der Waals surface area contributed by atoms with Crippen LogP contribution in [0.1, 0.15) is 39.5 Å². The van der Waals surface area contributed by atoms with Gasteiger partial charge in [0.15, 0.2) is 0 Å². The maximum Gasteiger partial charge on any atom is 2.00 e. The molecule has 0 aliphatic rings. The molecule has 8 heterocycles. The maximum absolute atomic E-state index is 9.75. The fourth-order valence-corrected chi connectivity index (χ4v) is 7.54. The molecule has 16 nitrogen and oxygen atoms in total. The zero-order valence-corrected chi connectivity index (χ0v) is 54.6. The van der Waals surface area contributed by atoms with Crippen LogP contribution in [0.3, 0.4) is 0 Å². The van der Waals surface area contributed by atoms with Crippen molar-refractivity contribution in [3.8, 4) is 0 Å². The summed E-state index contributed by atoms with van der Waals surface area (Å²) in [5.74, 6) is 0. The second-order valence-corrected chi connectivity index (χ2v) is 19.0. The summed E-state index contributed by atoms with van der Waals surface area (Å²) >= 11 is 0. The van der Waals surface area contributed by atoms with Crippen molar-refractivity contribution in [1.82, 2.24) is 79.7 Å². The number of nitrogens with one attached hydrogen (secondary N) is 8. The van der Waals surface area contributed by atoms with Crippen molar-refractivity contribution in [3.05, 3.63) is 245 Å². The van der Waals surface area contributed by atoms with Gasteiger partial charge in [0.05, 0.1) is 139 Å². The van der Waals surface area contributed by atoms with Crippen LogP contribution in [0, 0.1) is 0 Å². The molecule has 38 heteroatoms. The van der Waals surface area contributed by atoms with Gasteiger partial charge in [-0.15, -0.1) is 0 Å². The third kappa shape index (κ3) is 39.8. The number of H-pyrrole nitrogens is 8. The topological polar surface area (TPSA) is 229 Å². The molecule has 0 aliphatic heterocycles. The first-order valence-electron chi connectivity index (χ1n) is 29.2. The smallest absolute Gasteiger partial charge is 0.418 e. The SMILES string of the molecule is CCCCCC.F[B-](F)(F)F.F[B-](F)(F)F.F[B-](F)(F)F.F[B-](F)(F)F.[Co+2].[Co+2].c1ccc2[nH]cnc2c1.c1ccc2[nH]cnc2c1.c1ccc2[nH]cnc2c1.c1ccc2[nH]cnc2c1.c1ccc2[nH]cnc2c1.c1ccc2[nH]cnc2c1.c1ccc2[nH]cnc2c1.c1ccc2[nH]cnc2c1. The summed E-state index contributed by atoms with van der Waals surface area (Å²) in [6.45, 7) is 4.46. The van der Waals surface area contributed by atoms with E-state index in [2.05, 4.69) is 93.6 Å². The number of hydrogen-bond donors (Lipinski definition) is 8. The first kappa shape index (κ1) is 85.8. The van der Waals surface area contributed by atoms with Crippen LogP contribution < -0.4 is 0 Å². The van der Waals surface area contributed by atoms with Gasteiger partial charge in [-0.05, 0) is 97.1 Å². The molecule has 8 aromatic heterocycles. The molecule has 532 valence electrons. The Labute approximate surface area is 581 Å². The number of fused-ring (bicyclic) bond motifs is 8. The molecule has 2 radical (unpaired) electrons. The minimum Gasteiger partial charge on any atom is -0.418 e. The summed E-state index contributed by atoms with van der Waals surface area (Å²) in [6.07, 6.45) is 19.1. The van der Waals surface area contributed by atoms with E-state index in [1.54, 1.807) is 50.6 Å². The number of rotatable bonds is 3. The number of para-hydroxylation sites is 16. The number of imidazole rings is 8. The molecule has 16 aromatic rings. The molecule has 0 unspecified atom stereocenters. The van der Waals surface area contributed by atoms with Gasteiger partial charge in [0.2, 0.25) is 0 Å². The third-order valence-electron chi connectivity index (χ3n) is 11.6. The fourth-order valence-electron chi connectivity index (χ4n) is 7.54. The summed E-state index contributed by atoms with van der Waals surface area (Å²) in [6, 6.07) is 63.5. The maximum atomic E-state index is 9.75. The number of aromatic amines is 8. The molecule has 0 aliphatic carbocycles. The van der Waals surface area contributed by atoms with E-state index < -0.39 is 29.0 Å². The number of benzene rings is 8. The van der Waals surface area contributed by atoms with Crippen LogP contribution in [0.5, 0.6) is 0 Å². The molecule has 8 aromatic carbocycles. The zero-order chi connectivity index (χ0) is 71.7. The van der Waals surface area contributed by atoms with Gasteiger partial charge in [-0.3, -0.25) is 0 Å². The summed E-state index contributed by atoms with van der Waals surface area (Å²) in [7, 11) is -24.0. The van der Waals surface area contributed by atoms with Crippen LogP contribution in [0.25, 0.3) is 88.3 Å². The van der Waals surface area contributed by atoms with Gasteiger partial charge in [0.25, 0.3) is 0 Å². The van der Waals surface area contributed by atoms with Crippen LogP contribution in [0.15, 0.2) is 245 Å². The predicted molar refractivity (Wildman–Crippen MR) is 359 cm³/mol. The van der Waals surface area contributed by atoms with Gasteiger partial charge in [-0.25, -0.2) is 39.9 Å². The number of nitrogens with zero attached hydrogens (tertiary/aromatic N) is 8. The van der Waals surface area contributed by atoms with Crippen LogP contribution >= 0.6 is 0 Å². The molecule has 0 fully saturated rings. The second-order valence-electron chi connectivity index (χ2n) is 19.0. The minimum atomic E-state index is -6.00. The summed E-state index contributed by atoms with van der Waals surface area (Å²) in [5.41, 5.74) is 17.0. The Balaban J connectivity index is 0.000000371. The fraction of sp³-hybridized carbons (Fsp3) is 0.0968. The van der Waals surface area contributed by atoms with Gasteiger partial charge >= 0.3 is 62.6 Å². The van der Waals surface area contributed by atoms with Crippen molar-refractivity contribution >= 4 is 117 Å². The standard InChI is InChI=1S/8C7H6N2.C6H14.4BF4.2Co/c8*1-2-4-7-6(3-1)8-5-9-7;1-3-5-6-4-2;4*2-1(3,4)5;;/h8*1-5H,(H,8,9);3-6H2,1-2H3;;;;;;/q;;;;;;;;;4*-1;2*+2. The van der Waals surface area contributed by atoms with Crippen LogP contribution in [0.4, 0.5) is 69.1 Å². The normalized spacial score (nSPS) is 10.3. The van der Waals surface area contributed by atoms with Crippen LogP contribution in [-0.2, 0) is 33.6 Å². The van der Waals surface area contributed by atoms with Crippen molar-refractivity contribution in [1.29, 1.82) is 0 Å². The van der Waals surface area contributed by atoms with Gasteiger partial charge in [0, 0.05) is 0 Å². The van der Waals surface area contributed by atoms with Gasteiger partial charge in [0.1, 0.15) is 0 Å². The van der Waals surface area contributed by atoms with Crippen molar-refractivity contribution in [2.75, 3.05) is 0 Å². The first-order chi connectivity index (χ1) is 46.6. The van der Waals surface area contributed by atoms with Crippen molar-refractivity contribution in [2.24, 2.45) is 0 Å². The number of aromatic nitrogens is 16. The molecule has 0 bridgehead atoms. The third-order valence-corrected chi connectivity index (χ3v) is 11.6. The molecule has 0 amide bonds. The number of halogens is 16.